The number of halogens is 3. The van der Waals surface area contributed by atoms with Crippen molar-refractivity contribution in [3.8, 4) is 5.75 Å². The van der Waals surface area contributed by atoms with Gasteiger partial charge in [-0.3, -0.25) is 10.1 Å². The molecule has 10 heteroatoms. The molecule has 0 aliphatic carbocycles. The zero-order chi connectivity index (χ0) is 20.0. The maximum Gasteiger partial charge on any atom is 0.340 e. The fraction of sp³-hybridized carbons (Fsp3) is 0.118. The van der Waals surface area contributed by atoms with E-state index in [1.165, 1.54) is 7.11 Å². The predicted molar refractivity (Wildman–Crippen MR) is 96.9 cm³/mol. The van der Waals surface area contributed by atoms with Gasteiger partial charge in [-0.25, -0.2) is 14.0 Å². The Labute approximate surface area is 163 Å². The number of anilines is 1. The lowest BCUT2D eigenvalue weighted by molar-refractivity contribution is -0.123. The highest BCUT2D eigenvalue weighted by Crippen LogP contribution is 2.24. The summed E-state index contributed by atoms with van der Waals surface area (Å²) < 4.78 is 23.1. The monoisotopic (exact) mass is 414 g/mol. The minimum Gasteiger partial charge on any atom is -0.497 e. The van der Waals surface area contributed by atoms with Gasteiger partial charge in [-0.1, -0.05) is 23.2 Å². The molecule has 0 bridgehead atoms. The number of carbonyl (C=O) groups is 3. The van der Waals surface area contributed by atoms with Crippen molar-refractivity contribution in [2.45, 2.75) is 0 Å². The third-order valence-corrected chi connectivity index (χ3v) is 3.77. The molecule has 27 heavy (non-hydrogen) atoms. The fourth-order valence-corrected chi connectivity index (χ4v) is 2.35. The van der Waals surface area contributed by atoms with Gasteiger partial charge in [-0.15, -0.1) is 0 Å². The third kappa shape index (κ3) is 5.83. The first-order valence-corrected chi connectivity index (χ1v) is 8.12. The number of imide groups is 1. The summed E-state index contributed by atoms with van der Waals surface area (Å²) in [6, 6.07) is 7.39. The Hall–Kier alpha value is -2.84. The van der Waals surface area contributed by atoms with Gasteiger partial charge in [0.1, 0.15) is 11.6 Å². The number of rotatable bonds is 5. The van der Waals surface area contributed by atoms with E-state index in [0.29, 0.717) is 11.4 Å². The van der Waals surface area contributed by atoms with Gasteiger partial charge < -0.3 is 14.8 Å². The SMILES string of the molecule is COc1ccc(NC(=O)NC(=O)COC(=O)c2cc(F)c(Cl)cc2Cl)cc1. The lowest BCUT2D eigenvalue weighted by Crippen LogP contribution is -2.37. The van der Waals surface area contributed by atoms with Crippen LogP contribution < -0.4 is 15.4 Å². The minimum absolute atomic E-state index is 0.135. The Balaban J connectivity index is 1.85. The third-order valence-electron chi connectivity index (χ3n) is 3.17. The predicted octanol–water partition coefficient (Wildman–Crippen LogP) is 3.65. The van der Waals surface area contributed by atoms with Gasteiger partial charge in [0, 0.05) is 5.69 Å². The van der Waals surface area contributed by atoms with Gasteiger partial charge in [-0.05, 0) is 36.4 Å². The summed E-state index contributed by atoms with van der Waals surface area (Å²) in [4.78, 5) is 35.3. The zero-order valence-corrected chi connectivity index (χ0v) is 15.4. The van der Waals surface area contributed by atoms with Crippen LogP contribution in [0.5, 0.6) is 5.75 Å². The lowest BCUT2D eigenvalue weighted by Gasteiger charge is -2.09. The van der Waals surface area contributed by atoms with Gasteiger partial charge in [-0.2, -0.15) is 0 Å². The van der Waals surface area contributed by atoms with E-state index in [1.54, 1.807) is 24.3 Å². The number of methoxy groups -OCH3 is 1. The van der Waals surface area contributed by atoms with Crippen LogP contribution in [-0.4, -0.2) is 31.6 Å². The van der Waals surface area contributed by atoms with Crippen molar-refractivity contribution in [1.82, 2.24) is 5.32 Å². The molecule has 0 unspecified atom stereocenters. The highest BCUT2D eigenvalue weighted by Gasteiger charge is 2.17. The Bertz CT molecular complexity index is 874. The number of benzene rings is 2. The quantitative estimate of drug-likeness (QED) is 0.575. The molecule has 7 nitrogen and oxygen atoms in total. The van der Waals surface area contributed by atoms with Gasteiger partial charge >= 0.3 is 12.0 Å². The van der Waals surface area contributed by atoms with E-state index in [9.17, 15) is 18.8 Å². The first-order valence-electron chi connectivity index (χ1n) is 7.36. The molecule has 0 saturated carbocycles. The van der Waals surface area contributed by atoms with Crippen LogP contribution >= 0.6 is 23.2 Å². The van der Waals surface area contributed by atoms with E-state index in [4.69, 9.17) is 32.7 Å². The van der Waals surface area contributed by atoms with E-state index in [0.717, 1.165) is 12.1 Å². The van der Waals surface area contributed by atoms with Crippen molar-refractivity contribution in [3.63, 3.8) is 0 Å². The van der Waals surface area contributed by atoms with Crippen LogP contribution in [-0.2, 0) is 9.53 Å². The number of urea groups is 1. The van der Waals surface area contributed by atoms with E-state index < -0.39 is 30.3 Å². The largest absolute Gasteiger partial charge is 0.497 e. The molecule has 142 valence electrons. The molecular weight excluding hydrogens is 402 g/mol. The molecule has 0 aliphatic rings. The molecule has 0 heterocycles. The van der Waals surface area contributed by atoms with Crippen molar-refractivity contribution in [2.24, 2.45) is 0 Å². The summed E-state index contributed by atoms with van der Waals surface area (Å²) in [6.07, 6.45) is 0. The number of carbonyl (C=O) groups excluding carboxylic acids is 3. The van der Waals surface area contributed by atoms with Crippen LogP contribution in [0.2, 0.25) is 10.0 Å². The van der Waals surface area contributed by atoms with E-state index in [1.807, 2.05) is 5.32 Å². The van der Waals surface area contributed by atoms with E-state index in [2.05, 4.69) is 5.32 Å². The summed E-state index contributed by atoms with van der Waals surface area (Å²) in [5.41, 5.74) is 0.121. The highest BCUT2D eigenvalue weighted by molar-refractivity contribution is 6.36. The number of nitrogens with one attached hydrogen (secondary N) is 2. The fourth-order valence-electron chi connectivity index (χ4n) is 1.89. The average Bonchev–Trinajstić information content (AvgIpc) is 2.63. The van der Waals surface area contributed by atoms with Crippen LogP contribution in [0.15, 0.2) is 36.4 Å². The molecule has 0 fully saturated rings. The summed E-state index contributed by atoms with van der Waals surface area (Å²) >= 11 is 11.3. The molecule has 0 aliphatic heterocycles. The van der Waals surface area contributed by atoms with Crippen molar-refractivity contribution < 1.29 is 28.2 Å². The summed E-state index contributed by atoms with van der Waals surface area (Å²) in [7, 11) is 1.50. The Morgan fingerprint density at radius 2 is 1.74 bits per heavy atom. The van der Waals surface area contributed by atoms with Crippen molar-refractivity contribution in [1.29, 1.82) is 0 Å². The second-order valence-electron chi connectivity index (χ2n) is 5.05. The molecule has 0 saturated heterocycles. The number of ether oxygens (including phenoxy) is 2. The van der Waals surface area contributed by atoms with Gasteiger partial charge in [0.05, 0.1) is 22.7 Å². The standard InChI is InChI=1S/C17H13Cl2FN2O5/c1-26-10-4-2-9(3-5-10)21-17(25)22-15(23)8-27-16(24)11-6-14(20)13(19)7-12(11)18/h2-7H,8H2,1H3,(H2,21,22,23,25). The normalized spacial score (nSPS) is 10.1. The smallest absolute Gasteiger partial charge is 0.340 e. The lowest BCUT2D eigenvalue weighted by atomic mass is 10.2. The minimum atomic E-state index is -1.04. The molecular formula is C17H13Cl2FN2O5. The first-order chi connectivity index (χ1) is 12.8. The van der Waals surface area contributed by atoms with Gasteiger partial charge in [0.2, 0.25) is 0 Å². The van der Waals surface area contributed by atoms with Crippen LogP contribution in [0.4, 0.5) is 14.9 Å². The van der Waals surface area contributed by atoms with Crippen LogP contribution in [0.25, 0.3) is 0 Å². The van der Waals surface area contributed by atoms with Crippen LogP contribution in [0.3, 0.4) is 0 Å². The van der Waals surface area contributed by atoms with E-state index in [-0.39, 0.29) is 15.6 Å². The molecule has 3 amide bonds. The summed E-state index contributed by atoms with van der Waals surface area (Å²) in [5, 5.41) is 3.99. The molecule has 0 atom stereocenters. The van der Waals surface area contributed by atoms with Crippen LogP contribution in [0.1, 0.15) is 10.4 Å². The summed E-state index contributed by atoms with van der Waals surface area (Å²) in [5.74, 6) is -2.20. The number of hydrogen-bond acceptors (Lipinski definition) is 5. The van der Waals surface area contributed by atoms with Crippen molar-refractivity contribution >= 4 is 46.8 Å². The molecule has 2 aromatic rings. The molecule has 2 N–H and O–H groups in total. The molecule has 0 radical (unpaired) electrons. The molecule has 2 rings (SSSR count). The van der Waals surface area contributed by atoms with E-state index >= 15 is 0 Å². The number of esters is 1. The maximum absolute atomic E-state index is 13.4. The van der Waals surface area contributed by atoms with Gasteiger partial charge in [0.15, 0.2) is 6.61 Å². The van der Waals surface area contributed by atoms with Crippen molar-refractivity contribution in [3.05, 3.63) is 57.8 Å². The Morgan fingerprint density at radius 1 is 1.07 bits per heavy atom. The number of amides is 3. The maximum atomic E-state index is 13.4. The average molecular weight is 415 g/mol. The second kappa shape index (κ2) is 9.20. The van der Waals surface area contributed by atoms with Gasteiger partial charge in [0.25, 0.3) is 5.91 Å². The van der Waals surface area contributed by atoms with Crippen LogP contribution in [0, 0.1) is 5.82 Å². The topological polar surface area (TPSA) is 93.7 Å². The van der Waals surface area contributed by atoms with Crippen molar-refractivity contribution in [2.75, 3.05) is 19.0 Å². The Kier molecular flexibility index (Phi) is 6.98. The first kappa shape index (κ1) is 20.5. The zero-order valence-electron chi connectivity index (χ0n) is 13.8. The highest BCUT2D eigenvalue weighted by atomic mass is 35.5. The molecule has 0 aromatic heterocycles. The Morgan fingerprint density at radius 3 is 2.37 bits per heavy atom. The second-order valence-corrected chi connectivity index (χ2v) is 5.87. The molecule has 0 spiro atoms. The molecule has 2 aromatic carbocycles. The number of hydrogen-bond donors (Lipinski definition) is 2. The summed E-state index contributed by atoms with van der Waals surface area (Å²) in [6.45, 7) is -0.768.